The second-order valence-electron chi connectivity index (χ2n) is 7.91. The summed E-state index contributed by atoms with van der Waals surface area (Å²) in [5, 5.41) is 0. The van der Waals surface area contributed by atoms with E-state index >= 15 is 0 Å². The number of ether oxygens (including phenoxy) is 1. The summed E-state index contributed by atoms with van der Waals surface area (Å²) in [6.45, 7) is 8.50. The predicted molar refractivity (Wildman–Crippen MR) is 132 cm³/mol. The first-order valence-electron chi connectivity index (χ1n) is 10.7. The zero-order valence-electron chi connectivity index (χ0n) is 19.0. The third-order valence-corrected chi connectivity index (χ3v) is 5.81. The molecule has 2 heterocycles. The minimum atomic E-state index is -0.420. The van der Waals surface area contributed by atoms with Gasteiger partial charge >= 0.3 is 5.97 Å². The zero-order valence-corrected chi connectivity index (χ0v) is 19.0. The third-order valence-electron chi connectivity index (χ3n) is 5.81. The monoisotopic (exact) mass is 438 g/mol. The fraction of sp³-hybridized carbons (Fsp3) is 0.143. The molecule has 33 heavy (non-hydrogen) atoms. The number of rotatable bonds is 5. The molecule has 0 amide bonds. The number of methoxy groups -OCH3 is 1. The first kappa shape index (κ1) is 22.1. The molecule has 0 aromatic heterocycles. The van der Waals surface area contributed by atoms with E-state index in [1.165, 1.54) is 7.11 Å². The van der Waals surface area contributed by atoms with Gasteiger partial charge < -0.3 is 14.5 Å². The maximum absolute atomic E-state index is 13.3. The highest BCUT2D eigenvalue weighted by Crippen LogP contribution is 2.45. The van der Waals surface area contributed by atoms with Crippen molar-refractivity contribution < 1.29 is 14.3 Å². The van der Waals surface area contributed by atoms with Gasteiger partial charge in [0.1, 0.15) is 12.0 Å². The number of carbonyl (C=O) groups excluding carboxylic acids is 2. The highest BCUT2D eigenvalue weighted by Gasteiger charge is 2.35. The largest absolute Gasteiger partial charge is 0.464 e. The molecule has 2 aromatic carbocycles. The maximum Gasteiger partial charge on any atom is 0.355 e. The van der Waals surface area contributed by atoms with Gasteiger partial charge in [0.05, 0.1) is 19.3 Å². The molecule has 5 heteroatoms. The summed E-state index contributed by atoms with van der Waals surface area (Å²) < 4.78 is 5.28. The van der Waals surface area contributed by atoms with Crippen LogP contribution in [0.3, 0.4) is 0 Å². The summed E-state index contributed by atoms with van der Waals surface area (Å²) >= 11 is 0. The van der Waals surface area contributed by atoms with Gasteiger partial charge in [-0.15, -0.1) is 0 Å². The molecular weight excluding hydrogens is 412 g/mol. The second-order valence-corrected chi connectivity index (χ2v) is 7.91. The number of para-hydroxylation sites is 1. The summed E-state index contributed by atoms with van der Waals surface area (Å²) in [4.78, 5) is 28.4. The Balaban J connectivity index is 1.95. The number of nitrogens with zero attached hydrogens (tertiary/aromatic N) is 2. The van der Waals surface area contributed by atoms with Crippen molar-refractivity contribution in [1.29, 1.82) is 0 Å². The number of fused-ring (bicyclic) bond motifs is 1. The number of hydrogen-bond acceptors (Lipinski definition) is 5. The predicted octanol–water partition coefficient (Wildman–Crippen LogP) is 5.45. The van der Waals surface area contributed by atoms with Crippen LogP contribution in [-0.4, -0.2) is 30.8 Å². The SMILES string of the molecule is C=C1C=C(C=O)C=CN1CC1=C(C(=O)OC)N(c2ccccc2)c2cc(C)ccc2/C1=C\C. The number of anilines is 2. The Bertz CT molecular complexity index is 1250. The quantitative estimate of drug-likeness (QED) is 0.459. The average molecular weight is 439 g/mol. The fourth-order valence-electron chi connectivity index (χ4n) is 4.24. The molecule has 166 valence electrons. The van der Waals surface area contributed by atoms with E-state index in [-0.39, 0.29) is 0 Å². The van der Waals surface area contributed by atoms with E-state index in [0.29, 0.717) is 23.5 Å². The van der Waals surface area contributed by atoms with Crippen molar-refractivity contribution in [3.05, 3.63) is 113 Å². The molecule has 0 aliphatic carbocycles. The minimum Gasteiger partial charge on any atom is -0.464 e. The van der Waals surface area contributed by atoms with Crippen LogP contribution in [0.1, 0.15) is 18.1 Å². The number of aryl methyl sites for hydroxylation is 1. The van der Waals surface area contributed by atoms with Crippen molar-refractivity contribution in [2.24, 2.45) is 0 Å². The lowest BCUT2D eigenvalue weighted by Crippen LogP contribution is -2.33. The Labute approximate surface area is 194 Å². The summed E-state index contributed by atoms with van der Waals surface area (Å²) in [6, 6.07) is 16.1. The van der Waals surface area contributed by atoms with E-state index < -0.39 is 5.97 Å². The van der Waals surface area contributed by atoms with Crippen molar-refractivity contribution in [1.82, 2.24) is 4.90 Å². The molecular formula is C28H26N2O3. The van der Waals surface area contributed by atoms with Gasteiger partial charge in [0.2, 0.25) is 0 Å². The highest BCUT2D eigenvalue weighted by atomic mass is 16.5. The van der Waals surface area contributed by atoms with Gasteiger partial charge in [0, 0.05) is 34.3 Å². The first-order valence-corrected chi connectivity index (χ1v) is 10.7. The molecule has 0 saturated carbocycles. The number of carbonyl (C=O) groups is 2. The molecule has 0 unspecified atom stereocenters. The standard InChI is InChI=1S/C28H26N2O3/c1-5-23-24-12-11-19(2)15-26(24)30(22-9-7-6-8-10-22)27(28(32)33-4)25(23)17-29-14-13-21(18-31)16-20(29)3/h5-16,18H,3,17H2,1-2,4H3/b23-5+. The van der Waals surface area contributed by atoms with Gasteiger partial charge in [-0.3, -0.25) is 4.79 Å². The van der Waals surface area contributed by atoms with E-state index in [4.69, 9.17) is 4.74 Å². The van der Waals surface area contributed by atoms with Crippen LogP contribution in [0.25, 0.3) is 5.57 Å². The smallest absolute Gasteiger partial charge is 0.355 e. The number of allylic oxidation sites excluding steroid dienone is 4. The lowest BCUT2D eigenvalue weighted by Gasteiger charge is -2.37. The van der Waals surface area contributed by atoms with Gasteiger partial charge in [-0.1, -0.05) is 43.0 Å². The zero-order chi connectivity index (χ0) is 23.5. The molecule has 0 bridgehead atoms. The minimum absolute atomic E-state index is 0.388. The van der Waals surface area contributed by atoms with Crippen LogP contribution in [0.15, 0.2) is 102 Å². The van der Waals surface area contributed by atoms with Crippen LogP contribution in [-0.2, 0) is 14.3 Å². The molecule has 5 nitrogen and oxygen atoms in total. The van der Waals surface area contributed by atoms with Crippen LogP contribution >= 0.6 is 0 Å². The molecule has 4 rings (SSSR count). The molecule has 0 saturated heterocycles. The molecule has 0 atom stereocenters. The Hall–Kier alpha value is -4.12. The van der Waals surface area contributed by atoms with Crippen LogP contribution in [0, 0.1) is 6.92 Å². The van der Waals surface area contributed by atoms with Crippen LogP contribution < -0.4 is 4.90 Å². The van der Waals surface area contributed by atoms with Crippen molar-refractivity contribution >= 4 is 29.2 Å². The maximum atomic E-state index is 13.3. The number of hydrogen-bond donors (Lipinski definition) is 0. The lowest BCUT2D eigenvalue weighted by molar-refractivity contribution is -0.136. The van der Waals surface area contributed by atoms with Gasteiger partial charge in [-0.25, -0.2) is 4.79 Å². The number of benzene rings is 2. The van der Waals surface area contributed by atoms with E-state index in [1.807, 2.05) is 66.3 Å². The molecule has 2 aliphatic rings. The number of esters is 1. The number of aldehydes is 1. The van der Waals surface area contributed by atoms with Gasteiger partial charge in [-0.2, -0.15) is 0 Å². The molecule has 0 radical (unpaired) electrons. The Morgan fingerprint density at radius 2 is 1.91 bits per heavy atom. The molecule has 0 N–H and O–H groups in total. The average Bonchev–Trinajstić information content (AvgIpc) is 2.84. The van der Waals surface area contributed by atoms with Crippen LogP contribution in [0.2, 0.25) is 0 Å². The Morgan fingerprint density at radius 1 is 1.15 bits per heavy atom. The van der Waals surface area contributed by atoms with E-state index in [2.05, 4.69) is 24.8 Å². The van der Waals surface area contributed by atoms with Gasteiger partial charge in [0.25, 0.3) is 0 Å². The summed E-state index contributed by atoms with van der Waals surface area (Å²) in [5.41, 5.74) is 7.39. The Morgan fingerprint density at radius 3 is 2.55 bits per heavy atom. The van der Waals surface area contributed by atoms with Crippen LogP contribution in [0.4, 0.5) is 11.4 Å². The molecule has 2 aliphatic heterocycles. The van der Waals surface area contributed by atoms with E-state index in [9.17, 15) is 9.59 Å². The van der Waals surface area contributed by atoms with Crippen molar-refractivity contribution in [3.8, 4) is 0 Å². The topological polar surface area (TPSA) is 49.9 Å². The summed E-state index contributed by atoms with van der Waals surface area (Å²) in [6.07, 6.45) is 8.11. The molecule has 0 spiro atoms. The highest BCUT2D eigenvalue weighted by molar-refractivity contribution is 6.06. The van der Waals surface area contributed by atoms with Crippen molar-refractivity contribution in [2.45, 2.75) is 13.8 Å². The van der Waals surface area contributed by atoms with Gasteiger partial charge in [0.15, 0.2) is 0 Å². The van der Waals surface area contributed by atoms with Gasteiger partial charge in [-0.05, 0) is 55.3 Å². The molecule has 0 fully saturated rings. The molecule has 2 aromatic rings. The second kappa shape index (κ2) is 9.17. The van der Waals surface area contributed by atoms with Crippen molar-refractivity contribution in [3.63, 3.8) is 0 Å². The lowest BCUT2D eigenvalue weighted by atomic mass is 9.88. The summed E-state index contributed by atoms with van der Waals surface area (Å²) in [7, 11) is 1.40. The van der Waals surface area contributed by atoms with E-state index in [1.54, 1.807) is 12.2 Å². The van der Waals surface area contributed by atoms with Crippen LogP contribution in [0.5, 0.6) is 0 Å². The van der Waals surface area contributed by atoms with Crippen molar-refractivity contribution in [2.75, 3.05) is 18.6 Å². The Kier molecular flexibility index (Phi) is 6.13. The van der Waals surface area contributed by atoms with E-state index in [0.717, 1.165) is 39.9 Å². The fourth-order valence-corrected chi connectivity index (χ4v) is 4.24. The first-order chi connectivity index (χ1) is 16.0. The summed E-state index contributed by atoms with van der Waals surface area (Å²) in [5.74, 6) is -0.420. The third kappa shape index (κ3) is 4.05. The normalized spacial score (nSPS) is 16.6.